The van der Waals surface area contributed by atoms with Crippen molar-refractivity contribution in [3.8, 4) is 11.5 Å². The minimum atomic E-state index is -1.07. The molecule has 6 heteroatoms. The maximum Gasteiger partial charge on any atom is 0.335 e. The Kier molecular flexibility index (Phi) is 4.84. The summed E-state index contributed by atoms with van der Waals surface area (Å²) in [5.41, 5.74) is 2.64. The van der Waals surface area contributed by atoms with Crippen molar-refractivity contribution in [3.63, 3.8) is 0 Å². The Balaban J connectivity index is 1.88. The summed E-state index contributed by atoms with van der Waals surface area (Å²) < 4.78 is 16.8. The number of carboxylic acids is 1. The molecule has 1 N–H and O–H groups in total. The first-order valence-electron chi connectivity index (χ1n) is 9.28. The highest BCUT2D eigenvalue weighted by Crippen LogP contribution is 2.35. The highest BCUT2D eigenvalue weighted by Gasteiger charge is 2.23. The molecule has 1 aliphatic rings. The Labute approximate surface area is 167 Å². The van der Waals surface area contributed by atoms with E-state index in [1.807, 2.05) is 18.2 Å². The number of allylic oxidation sites excluding steroid dienone is 1. The number of carbonyl (C=O) groups is 1. The standard InChI is InChI=1S/C23H20O6/c1-27-16-8-6-13(20(12-16)28-2)10-14-4-3-5-17-21(24)18-11-15(23(25)26)7-9-19(18)29-22(14)17/h6-12H,3-5H2,1-2H3,(H,25,26)/b14-10-. The minimum Gasteiger partial charge on any atom is -0.497 e. The van der Waals surface area contributed by atoms with Gasteiger partial charge in [-0.15, -0.1) is 0 Å². The Hall–Kier alpha value is -3.54. The zero-order chi connectivity index (χ0) is 20.5. The fourth-order valence-corrected chi connectivity index (χ4v) is 3.69. The van der Waals surface area contributed by atoms with Crippen LogP contribution in [0.5, 0.6) is 11.5 Å². The molecule has 0 saturated heterocycles. The van der Waals surface area contributed by atoms with Crippen LogP contribution in [0.15, 0.2) is 45.6 Å². The second-order valence-corrected chi connectivity index (χ2v) is 6.89. The number of aromatic carboxylic acids is 1. The number of ether oxygens (including phenoxy) is 2. The Morgan fingerprint density at radius 2 is 1.93 bits per heavy atom. The van der Waals surface area contributed by atoms with E-state index in [0.29, 0.717) is 40.2 Å². The molecule has 0 amide bonds. The average Bonchev–Trinajstić information content (AvgIpc) is 2.74. The van der Waals surface area contributed by atoms with E-state index in [9.17, 15) is 14.7 Å². The monoisotopic (exact) mass is 392 g/mol. The third kappa shape index (κ3) is 3.38. The lowest BCUT2D eigenvalue weighted by molar-refractivity contribution is 0.0697. The molecule has 1 heterocycles. The highest BCUT2D eigenvalue weighted by atomic mass is 16.5. The van der Waals surface area contributed by atoms with Gasteiger partial charge < -0.3 is 19.0 Å². The molecule has 148 valence electrons. The SMILES string of the molecule is COc1ccc(/C=C2/CCCc3c2oc2ccc(C(=O)O)cc2c3=O)c(OC)c1. The molecule has 2 aromatic carbocycles. The topological polar surface area (TPSA) is 86.0 Å². The van der Waals surface area contributed by atoms with Crippen molar-refractivity contribution >= 4 is 28.6 Å². The van der Waals surface area contributed by atoms with Crippen LogP contribution in [0.4, 0.5) is 0 Å². The molecule has 0 unspecified atom stereocenters. The van der Waals surface area contributed by atoms with Crippen molar-refractivity contribution in [2.24, 2.45) is 0 Å². The average molecular weight is 392 g/mol. The summed E-state index contributed by atoms with van der Waals surface area (Å²) in [5.74, 6) is 0.851. The minimum absolute atomic E-state index is 0.0688. The van der Waals surface area contributed by atoms with Gasteiger partial charge in [-0.2, -0.15) is 0 Å². The molecule has 0 saturated carbocycles. The summed E-state index contributed by atoms with van der Waals surface area (Å²) in [6, 6.07) is 9.92. The second-order valence-electron chi connectivity index (χ2n) is 6.89. The van der Waals surface area contributed by atoms with Gasteiger partial charge in [0.25, 0.3) is 0 Å². The molecule has 0 spiro atoms. The molecular weight excluding hydrogens is 372 g/mol. The van der Waals surface area contributed by atoms with Crippen LogP contribution in [0, 0.1) is 0 Å². The summed E-state index contributed by atoms with van der Waals surface area (Å²) in [5, 5.41) is 9.50. The van der Waals surface area contributed by atoms with Crippen LogP contribution in [0.1, 0.15) is 40.1 Å². The van der Waals surface area contributed by atoms with Gasteiger partial charge in [-0.1, -0.05) is 0 Å². The van der Waals surface area contributed by atoms with E-state index in [2.05, 4.69) is 0 Å². The summed E-state index contributed by atoms with van der Waals surface area (Å²) in [7, 11) is 3.19. The zero-order valence-corrected chi connectivity index (χ0v) is 16.2. The number of rotatable bonds is 4. The van der Waals surface area contributed by atoms with Crippen LogP contribution in [-0.4, -0.2) is 25.3 Å². The van der Waals surface area contributed by atoms with Gasteiger partial charge in [0.15, 0.2) is 5.43 Å². The van der Waals surface area contributed by atoms with Crippen molar-refractivity contribution in [1.82, 2.24) is 0 Å². The number of hydrogen-bond donors (Lipinski definition) is 1. The van der Waals surface area contributed by atoms with Crippen LogP contribution in [0.25, 0.3) is 22.6 Å². The lowest BCUT2D eigenvalue weighted by atomic mass is 9.90. The molecule has 0 radical (unpaired) electrons. The van der Waals surface area contributed by atoms with E-state index >= 15 is 0 Å². The molecule has 3 aromatic rings. The van der Waals surface area contributed by atoms with E-state index in [0.717, 1.165) is 24.0 Å². The lowest BCUT2D eigenvalue weighted by Gasteiger charge is -2.18. The predicted molar refractivity (Wildman–Crippen MR) is 110 cm³/mol. The third-order valence-corrected chi connectivity index (χ3v) is 5.17. The summed E-state index contributed by atoms with van der Waals surface area (Å²) >= 11 is 0. The second kappa shape index (κ2) is 7.47. The van der Waals surface area contributed by atoms with Crippen molar-refractivity contribution in [2.45, 2.75) is 19.3 Å². The number of benzene rings is 2. The van der Waals surface area contributed by atoms with Gasteiger partial charge in [0.2, 0.25) is 0 Å². The smallest absolute Gasteiger partial charge is 0.335 e. The number of methoxy groups -OCH3 is 2. The van der Waals surface area contributed by atoms with Crippen LogP contribution >= 0.6 is 0 Å². The van der Waals surface area contributed by atoms with Crippen molar-refractivity contribution in [2.75, 3.05) is 14.2 Å². The molecule has 0 fully saturated rings. The Morgan fingerprint density at radius 1 is 1.10 bits per heavy atom. The van der Waals surface area contributed by atoms with E-state index < -0.39 is 5.97 Å². The summed E-state index contributed by atoms with van der Waals surface area (Å²) in [6.07, 6.45) is 4.15. The van der Waals surface area contributed by atoms with E-state index in [1.54, 1.807) is 26.4 Å². The molecular formula is C23H20O6. The normalized spacial score (nSPS) is 14.6. The lowest BCUT2D eigenvalue weighted by Crippen LogP contribution is -2.16. The Bertz CT molecular complexity index is 1200. The first-order valence-corrected chi connectivity index (χ1v) is 9.28. The van der Waals surface area contributed by atoms with Gasteiger partial charge >= 0.3 is 5.97 Å². The predicted octanol–water partition coefficient (Wildman–Crippen LogP) is 4.39. The first kappa shape index (κ1) is 18.8. The van der Waals surface area contributed by atoms with Gasteiger partial charge in [-0.3, -0.25) is 4.79 Å². The van der Waals surface area contributed by atoms with Crippen LogP contribution in [0.2, 0.25) is 0 Å². The summed E-state index contributed by atoms with van der Waals surface area (Å²) in [4.78, 5) is 24.3. The first-order chi connectivity index (χ1) is 14.0. The molecule has 29 heavy (non-hydrogen) atoms. The van der Waals surface area contributed by atoms with Gasteiger partial charge in [-0.05, 0) is 61.2 Å². The van der Waals surface area contributed by atoms with Crippen molar-refractivity contribution in [3.05, 3.63) is 69.1 Å². The highest BCUT2D eigenvalue weighted by molar-refractivity contribution is 5.93. The molecule has 1 aromatic heterocycles. The van der Waals surface area contributed by atoms with Crippen LogP contribution < -0.4 is 14.9 Å². The van der Waals surface area contributed by atoms with E-state index in [4.69, 9.17) is 13.9 Å². The molecule has 0 bridgehead atoms. The number of fused-ring (bicyclic) bond motifs is 2. The van der Waals surface area contributed by atoms with Crippen molar-refractivity contribution < 1.29 is 23.8 Å². The zero-order valence-electron chi connectivity index (χ0n) is 16.2. The quantitative estimate of drug-likeness (QED) is 0.709. The van der Waals surface area contributed by atoms with Crippen molar-refractivity contribution in [1.29, 1.82) is 0 Å². The number of carboxylic acid groups (broad SMARTS) is 1. The summed E-state index contributed by atoms with van der Waals surface area (Å²) in [6.45, 7) is 0. The van der Waals surface area contributed by atoms with E-state index in [1.165, 1.54) is 12.1 Å². The van der Waals surface area contributed by atoms with Gasteiger partial charge in [-0.25, -0.2) is 4.79 Å². The maximum atomic E-state index is 13.0. The largest absolute Gasteiger partial charge is 0.497 e. The maximum absolute atomic E-state index is 13.0. The molecule has 0 aliphatic heterocycles. The molecule has 4 rings (SSSR count). The molecule has 0 atom stereocenters. The van der Waals surface area contributed by atoms with Gasteiger partial charge in [0.1, 0.15) is 22.8 Å². The van der Waals surface area contributed by atoms with Gasteiger partial charge in [0.05, 0.1) is 25.2 Å². The molecule has 6 nitrogen and oxygen atoms in total. The number of hydrogen-bond acceptors (Lipinski definition) is 5. The van der Waals surface area contributed by atoms with E-state index in [-0.39, 0.29) is 11.0 Å². The van der Waals surface area contributed by atoms with Crippen LogP contribution in [-0.2, 0) is 6.42 Å². The molecule has 1 aliphatic carbocycles. The third-order valence-electron chi connectivity index (χ3n) is 5.17. The fourth-order valence-electron chi connectivity index (χ4n) is 3.69. The Morgan fingerprint density at radius 3 is 2.66 bits per heavy atom. The fraction of sp³-hybridized carbons (Fsp3) is 0.217. The van der Waals surface area contributed by atoms with Crippen LogP contribution in [0.3, 0.4) is 0 Å². The van der Waals surface area contributed by atoms with Gasteiger partial charge in [0, 0.05) is 17.2 Å².